The Morgan fingerprint density at radius 3 is 2.59 bits per heavy atom. The molecule has 0 spiro atoms. The van der Waals surface area contributed by atoms with E-state index in [2.05, 4.69) is 15.6 Å². The van der Waals surface area contributed by atoms with Crippen LogP contribution in [0.4, 0.5) is 24.7 Å². The third-order valence-electron chi connectivity index (χ3n) is 4.02. The summed E-state index contributed by atoms with van der Waals surface area (Å²) in [7, 11) is 0. The number of nitrogens with one attached hydrogen (secondary N) is 2. The lowest BCUT2D eigenvalue weighted by molar-refractivity contribution is 0.0951. The van der Waals surface area contributed by atoms with E-state index in [4.69, 9.17) is 0 Å². The number of anilines is 2. The molecule has 1 heterocycles. The largest absolute Gasteiger partial charge is 0.348 e. The smallest absolute Gasteiger partial charge is 0.251 e. The van der Waals surface area contributed by atoms with Crippen molar-refractivity contribution < 1.29 is 18.0 Å². The summed E-state index contributed by atoms with van der Waals surface area (Å²) in [6.45, 7) is 2.31. The monoisotopic (exact) mass is 371 g/mol. The maximum absolute atomic E-state index is 13.8. The Bertz CT molecular complexity index is 992. The van der Waals surface area contributed by atoms with Crippen molar-refractivity contribution in [2.75, 3.05) is 5.32 Å². The van der Waals surface area contributed by atoms with Gasteiger partial charge in [0.1, 0.15) is 5.82 Å². The highest BCUT2D eigenvalue weighted by molar-refractivity contribution is 5.94. The highest BCUT2D eigenvalue weighted by atomic mass is 19.2. The van der Waals surface area contributed by atoms with Crippen LogP contribution < -0.4 is 10.6 Å². The second-order valence-corrected chi connectivity index (χ2v) is 5.89. The molecule has 0 aliphatic heterocycles. The average molecular weight is 371 g/mol. The van der Waals surface area contributed by atoms with Crippen LogP contribution in [0.25, 0.3) is 0 Å². The molecule has 1 aromatic heterocycles. The van der Waals surface area contributed by atoms with E-state index in [1.807, 2.05) is 31.2 Å². The van der Waals surface area contributed by atoms with Gasteiger partial charge in [0.05, 0.1) is 5.69 Å². The number of aromatic nitrogens is 1. The summed E-state index contributed by atoms with van der Waals surface area (Å²) in [6.07, 6.45) is 1.36. The Hall–Kier alpha value is -3.35. The van der Waals surface area contributed by atoms with Gasteiger partial charge in [0.25, 0.3) is 5.91 Å². The highest BCUT2D eigenvalue weighted by Crippen LogP contribution is 2.23. The van der Waals surface area contributed by atoms with E-state index in [9.17, 15) is 18.0 Å². The second kappa shape index (κ2) is 7.90. The average Bonchev–Trinajstić information content (AvgIpc) is 2.68. The van der Waals surface area contributed by atoms with Crippen LogP contribution in [0, 0.1) is 24.4 Å². The first kappa shape index (κ1) is 18.4. The molecule has 27 heavy (non-hydrogen) atoms. The number of aryl methyl sites for hydroxylation is 1. The van der Waals surface area contributed by atoms with Crippen molar-refractivity contribution in [3.8, 4) is 0 Å². The van der Waals surface area contributed by atoms with Gasteiger partial charge in [-0.2, -0.15) is 0 Å². The molecule has 7 heteroatoms. The summed E-state index contributed by atoms with van der Waals surface area (Å²) >= 11 is 0. The molecule has 138 valence electrons. The fraction of sp³-hybridized carbons (Fsp3) is 0.100. The maximum Gasteiger partial charge on any atom is 0.251 e. The zero-order valence-electron chi connectivity index (χ0n) is 14.4. The van der Waals surface area contributed by atoms with Crippen molar-refractivity contribution in [2.24, 2.45) is 0 Å². The first-order chi connectivity index (χ1) is 13.0. The van der Waals surface area contributed by atoms with Crippen LogP contribution in [0.5, 0.6) is 0 Å². The third kappa shape index (κ3) is 4.25. The zero-order valence-corrected chi connectivity index (χ0v) is 14.4. The molecule has 2 N–H and O–H groups in total. The third-order valence-corrected chi connectivity index (χ3v) is 4.02. The molecular formula is C20H16F3N3O. The van der Waals surface area contributed by atoms with Crippen LogP contribution in [-0.2, 0) is 6.54 Å². The summed E-state index contributed by atoms with van der Waals surface area (Å²) in [5, 5.41) is 5.34. The summed E-state index contributed by atoms with van der Waals surface area (Å²) in [5.74, 6) is -4.42. The van der Waals surface area contributed by atoms with Crippen molar-refractivity contribution >= 4 is 17.4 Å². The minimum Gasteiger partial charge on any atom is -0.348 e. The van der Waals surface area contributed by atoms with Crippen molar-refractivity contribution in [1.29, 1.82) is 0 Å². The zero-order chi connectivity index (χ0) is 19.4. The molecule has 0 unspecified atom stereocenters. The molecule has 0 saturated heterocycles. The molecule has 0 fully saturated rings. The minimum absolute atomic E-state index is 0.128. The summed E-state index contributed by atoms with van der Waals surface area (Å²) < 4.78 is 40.1. The van der Waals surface area contributed by atoms with E-state index in [-0.39, 0.29) is 17.4 Å². The Labute approximate surface area is 154 Å². The Kier molecular flexibility index (Phi) is 5.40. The van der Waals surface area contributed by atoms with Crippen molar-refractivity contribution in [2.45, 2.75) is 13.5 Å². The molecular weight excluding hydrogens is 355 g/mol. The number of hydrogen-bond donors (Lipinski definition) is 2. The number of amides is 1. The lowest BCUT2D eigenvalue weighted by Gasteiger charge is -2.10. The fourth-order valence-electron chi connectivity index (χ4n) is 2.49. The fourth-order valence-corrected chi connectivity index (χ4v) is 2.49. The Morgan fingerprint density at radius 2 is 1.81 bits per heavy atom. The minimum atomic E-state index is -1.58. The highest BCUT2D eigenvalue weighted by Gasteiger charge is 2.14. The summed E-state index contributed by atoms with van der Waals surface area (Å²) in [6, 6.07) is 12.4. The van der Waals surface area contributed by atoms with Gasteiger partial charge in [0.15, 0.2) is 17.5 Å². The molecule has 0 saturated carbocycles. The normalized spacial score (nSPS) is 10.5. The summed E-state index contributed by atoms with van der Waals surface area (Å²) in [4.78, 5) is 16.3. The maximum atomic E-state index is 13.8. The number of carbonyl (C=O) groups excluding carboxylic acids is 1. The standard InChI is InChI=1S/C20H16F3N3O/c1-12-4-2-3-5-14(12)11-25-20(27)13-8-9-24-17(10-13)26-16-7-6-15(21)18(22)19(16)23/h2-10H,11H2,1H3,(H,24,26)(H,25,27). The Balaban J connectivity index is 1.73. The van der Waals surface area contributed by atoms with Gasteiger partial charge in [0.2, 0.25) is 0 Å². The van der Waals surface area contributed by atoms with Crippen LogP contribution in [0.3, 0.4) is 0 Å². The van der Waals surface area contributed by atoms with Gasteiger partial charge in [-0.15, -0.1) is 0 Å². The molecule has 0 bridgehead atoms. The number of nitrogens with zero attached hydrogens (tertiary/aromatic N) is 1. The lowest BCUT2D eigenvalue weighted by atomic mass is 10.1. The number of carbonyl (C=O) groups is 1. The van der Waals surface area contributed by atoms with Gasteiger partial charge >= 0.3 is 0 Å². The summed E-state index contributed by atoms with van der Waals surface area (Å²) in [5.41, 5.74) is 2.06. The van der Waals surface area contributed by atoms with E-state index in [1.165, 1.54) is 18.3 Å². The molecule has 4 nitrogen and oxygen atoms in total. The molecule has 1 amide bonds. The predicted octanol–water partition coefficient (Wildman–Crippen LogP) is 4.48. The number of pyridine rings is 1. The first-order valence-electron chi connectivity index (χ1n) is 8.15. The topological polar surface area (TPSA) is 54.0 Å². The van der Waals surface area contributed by atoms with Gasteiger partial charge < -0.3 is 10.6 Å². The van der Waals surface area contributed by atoms with E-state index < -0.39 is 17.5 Å². The molecule has 2 aromatic carbocycles. The molecule has 3 rings (SSSR count). The van der Waals surface area contributed by atoms with Gasteiger partial charge in [-0.25, -0.2) is 18.2 Å². The van der Waals surface area contributed by atoms with Crippen LogP contribution in [0.2, 0.25) is 0 Å². The molecule has 0 radical (unpaired) electrons. The molecule has 0 atom stereocenters. The Morgan fingerprint density at radius 1 is 1.04 bits per heavy atom. The van der Waals surface area contributed by atoms with E-state index in [0.717, 1.165) is 23.3 Å². The van der Waals surface area contributed by atoms with E-state index in [0.29, 0.717) is 12.1 Å². The van der Waals surface area contributed by atoms with Gasteiger partial charge in [0, 0.05) is 18.3 Å². The van der Waals surface area contributed by atoms with Crippen LogP contribution in [-0.4, -0.2) is 10.9 Å². The number of halogens is 3. The molecule has 3 aromatic rings. The van der Waals surface area contributed by atoms with E-state index >= 15 is 0 Å². The van der Waals surface area contributed by atoms with Crippen LogP contribution >= 0.6 is 0 Å². The second-order valence-electron chi connectivity index (χ2n) is 5.89. The molecule has 0 aliphatic rings. The number of benzene rings is 2. The van der Waals surface area contributed by atoms with Gasteiger partial charge in [-0.3, -0.25) is 4.79 Å². The molecule has 0 aliphatic carbocycles. The number of hydrogen-bond acceptors (Lipinski definition) is 3. The van der Waals surface area contributed by atoms with E-state index in [1.54, 1.807) is 0 Å². The number of rotatable bonds is 5. The SMILES string of the molecule is Cc1ccccc1CNC(=O)c1ccnc(Nc2ccc(F)c(F)c2F)c1. The van der Waals surface area contributed by atoms with Crippen molar-refractivity contribution in [3.63, 3.8) is 0 Å². The first-order valence-corrected chi connectivity index (χ1v) is 8.15. The van der Waals surface area contributed by atoms with Crippen LogP contribution in [0.1, 0.15) is 21.5 Å². The lowest BCUT2D eigenvalue weighted by Crippen LogP contribution is -2.23. The van der Waals surface area contributed by atoms with Gasteiger partial charge in [-0.1, -0.05) is 24.3 Å². The quantitative estimate of drug-likeness (QED) is 0.650. The predicted molar refractivity (Wildman–Crippen MR) is 96.2 cm³/mol. The van der Waals surface area contributed by atoms with Gasteiger partial charge in [-0.05, 0) is 42.3 Å². The van der Waals surface area contributed by atoms with Crippen molar-refractivity contribution in [3.05, 3.63) is 88.9 Å². The van der Waals surface area contributed by atoms with Crippen molar-refractivity contribution in [1.82, 2.24) is 10.3 Å². The van der Waals surface area contributed by atoms with Crippen LogP contribution in [0.15, 0.2) is 54.7 Å².